The molecule has 2 aromatic heterocycles. The predicted molar refractivity (Wildman–Crippen MR) is 115 cm³/mol. The fraction of sp³-hybridized carbons (Fsp3) is 0.571. The molecule has 1 unspecified atom stereocenters. The van der Waals surface area contributed by atoms with Gasteiger partial charge in [0.1, 0.15) is 0 Å². The van der Waals surface area contributed by atoms with Gasteiger partial charge in [-0.3, -0.25) is 9.58 Å². The van der Waals surface area contributed by atoms with E-state index in [2.05, 4.69) is 37.7 Å². The number of carboxylic acid groups (broad SMARTS) is 2. The quantitative estimate of drug-likeness (QED) is 0.520. The topological polar surface area (TPSA) is 105 Å². The molecule has 0 spiro atoms. The summed E-state index contributed by atoms with van der Waals surface area (Å²) >= 11 is 1.77. The molecule has 1 atom stereocenters. The van der Waals surface area contributed by atoms with Crippen LogP contribution in [-0.2, 0) is 33.8 Å². The summed E-state index contributed by atoms with van der Waals surface area (Å²) < 4.78 is 71.3. The minimum atomic E-state index is -5.08. The lowest BCUT2D eigenvalue weighted by Gasteiger charge is -2.36. The van der Waals surface area contributed by atoms with Gasteiger partial charge in [0.05, 0.1) is 24.5 Å². The molecule has 0 amide bonds. The first-order chi connectivity index (χ1) is 16.7. The van der Waals surface area contributed by atoms with Crippen molar-refractivity contribution in [2.24, 2.45) is 5.92 Å². The molecule has 15 heteroatoms. The van der Waals surface area contributed by atoms with Crippen LogP contribution in [0.25, 0.3) is 0 Å². The van der Waals surface area contributed by atoms with Crippen molar-refractivity contribution in [2.45, 2.75) is 50.7 Å². The molecular formula is C21H25F6N3O5S. The number of fused-ring (bicyclic) bond motifs is 1. The second-order valence-electron chi connectivity index (χ2n) is 8.11. The summed E-state index contributed by atoms with van der Waals surface area (Å²) in [4.78, 5) is 20.3. The maximum atomic E-state index is 10.6. The molecule has 36 heavy (non-hydrogen) atoms. The summed E-state index contributed by atoms with van der Waals surface area (Å²) in [6, 6.07) is 2.56. The van der Waals surface area contributed by atoms with Crippen LogP contribution < -0.4 is 0 Å². The Labute approximate surface area is 206 Å². The fourth-order valence-corrected chi connectivity index (χ4v) is 4.10. The molecule has 1 aliphatic carbocycles. The van der Waals surface area contributed by atoms with Crippen molar-refractivity contribution < 1.29 is 50.9 Å². The number of aliphatic carboxylic acids is 2. The number of methoxy groups -OCH3 is 1. The third-order valence-corrected chi connectivity index (χ3v) is 6.02. The highest BCUT2D eigenvalue weighted by Crippen LogP contribution is 2.35. The van der Waals surface area contributed by atoms with E-state index in [0.717, 1.165) is 38.6 Å². The molecule has 2 aliphatic rings. The zero-order chi connectivity index (χ0) is 27.1. The van der Waals surface area contributed by atoms with Crippen molar-refractivity contribution in [1.29, 1.82) is 0 Å². The molecule has 0 radical (unpaired) electrons. The third-order valence-electron chi connectivity index (χ3n) is 5.29. The maximum absolute atomic E-state index is 10.6. The summed E-state index contributed by atoms with van der Waals surface area (Å²) in [5, 5.41) is 23.3. The van der Waals surface area contributed by atoms with Crippen molar-refractivity contribution >= 4 is 23.3 Å². The SMILES string of the molecule is COCC1c2c(cnn2CC2CC2)CCN1Cc1ccsc1.O=C(O)C(F)(F)F.O=C(O)C(F)(F)F. The van der Waals surface area contributed by atoms with Gasteiger partial charge in [-0.1, -0.05) is 0 Å². The lowest BCUT2D eigenvalue weighted by atomic mass is 9.99. The monoisotopic (exact) mass is 545 g/mol. The van der Waals surface area contributed by atoms with Crippen LogP contribution in [-0.4, -0.2) is 69.4 Å². The first-order valence-electron chi connectivity index (χ1n) is 10.6. The second kappa shape index (κ2) is 12.5. The molecule has 1 fully saturated rings. The number of rotatable bonds is 6. The van der Waals surface area contributed by atoms with Crippen LogP contribution in [0.3, 0.4) is 0 Å². The Morgan fingerprint density at radius 3 is 2.17 bits per heavy atom. The van der Waals surface area contributed by atoms with Gasteiger partial charge in [-0.05, 0) is 53.1 Å². The summed E-state index contributed by atoms with van der Waals surface area (Å²) in [6.07, 6.45) is -4.25. The van der Waals surface area contributed by atoms with Crippen molar-refractivity contribution in [3.05, 3.63) is 39.8 Å². The van der Waals surface area contributed by atoms with E-state index < -0.39 is 24.3 Å². The van der Waals surface area contributed by atoms with Gasteiger partial charge in [-0.15, -0.1) is 0 Å². The Kier molecular flexibility index (Phi) is 10.3. The van der Waals surface area contributed by atoms with Crippen molar-refractivity contribution in [2.75, 3.05) is 20.3 Å². The van der Waals surface area contributed by atoms with Gasteiger partial charge in [-0.2, -0.15) is 42.8 Å². The highest BCUT2D eigenvalue weighted by atomic mass is 32.1. The van der Waals surface area contributed by atoms with Gasteiger partial charge in [0.2, 0.25) is 0 Å². The number of ether oxygens (including phenoxy) is 1. The Morgan fingerprint density at radius 1 is 1.14 bits per heavy atom. The van der Waals surface area contributed by atoms with Crippen LogP contribution in [0.1, 0.15) is 35.7 Å². The largest absolute Gasteiger partial charge is 0.490 e. The minimum absolute atomic E-state index is 0.329. The van der Waals surface area contributed by atoms with Gasteiger partial charge in [-0.25, -0.2) is 9.59 Å². The number of thiophene rings is 1. The van der Waals surface area contributed by atoms with Crippen molar-refractivity contribution in [3.8, 4) is 0 Å². The first-order valence-corrected chi connectivity index (χ1v) is 11.6. The molecular weight excluding hydrogens is 520 g/mol. The molecule has 4 rings (SSSR count). The molecule has 0 aromatic carbocycles. The van der Waals surface area contributed by atoms with Crippen molar-refractivity contribution in [1.82, 2.24) is 14.7 Å². The van der Waals surface area contributed by atoms with Crippen LogP contribution in [0.15, 0.2) is 23.0 Å². The van der Waals surface area contributed by atoms with Gasteiger partial charge in [0.15, 0.2) is 0 Å². The smallest absolute Gasteiger partial charge is 0.475 e. The first kappa shape index (κ1) is 29.6. The number of aromatic nitrogens is 2. The normalized spacial score (nSPS) is 17.8. The van der Waals surface area contributed by atoms with Crippen LogP contribution in [0.4, 0.5) is 26.3 Å². The van der Waals surface area contributed by atoms with E-state index in [4.69, 9.17) is 24.5 Å². The molecule has 202 valence electrons. The van der Waals surface area contributed by atoms with Gasteiger partial charge in [0, 0.05) is 26.7 Å². The fourth-order valence-electron chi connectivity index (χ4n) is 3.44. The van der Waals surface area contributed by atoms with E-state index in [1.807, 2.05) is 0 Å². The number of alkyl halides is 6. The Morgan fingerprint density at radius 2 is 1.72 bits per heavy atom. The number of nitrogens with zero attached hydrogens (tertiary/aromatic N) is 3. The molecule has 8 nitrogen and oxygen atoms in total. The lowest BCUT2D eigenvalue weighted by Crippen LogP contribution is -2.38. The third kappa shape index (κ3) is 9.09. The number of carboxylic acids is 2. The van der Waals surface area contributed by atoms with E-state index in [9.17, 15) is 26.3 Å². The maximum Gasteiger partial charge on any atom is 0.490 e. The minimum Gasteiger partial charge on any atom is -0.475 e. The standard InChI is InChI=1S/C17H23N3OS.2C2HF3O2/c1-21-11-16-17-15(8-18-20(17)10-13-2-3-13)4-6-19(16)9-14-5-7-22-12-14;2*3-2(4,5)1(6)7/h5,7-8,12-13,16H,2-4,6,9-11H2,1H3;2*(H,6,7). The molecule has 2 N–H and O–H groups in total. The number of hydrogen-bond acceptors (Lipinski definition) is 6. The zero-order valence-electron chi connectivity index (χ0n) is 19.1. The molecule has 3 heterocycles. The average molecular weight is 546 g/mol. The van der Waals surface area contributed by atoms with E-state index >= 15 is 0 Å². The molecule has 2 aromatic rings. The van der Waals surface area contributed by atoms with E-state index in [1.165, 1.54) is 29.7 Å². The Hall–Kier alpha value is -2.65. The predicted octanol–water partition coefficient (Wildman–Crippen LogP) is 4.37. The van der Waals surface area contributed by atoms with E-state index in [1.54, 1.807) is 18.4 Å². The Balaban J connectivity index is 0.000000271. The Bertz CT molecular complexity index is 965. The van der Waals surface area contributed by atoms with Crippen LogP contribution >= 0.6 is 11.3 Å². The molecule has 1 aliphatic heterocycles. The zero-order valence-corrected chi connectivity index (χ0v) is 19.9. The summed E-state index contributed by atoms with van der Waals surface area (Å²) in [6.45, 7) is 3.92. The second-order valence-corrected chi connectivity index (χ2v) is 8.89. The van der Waals surface area contributed by atoms with Crippen LogP contribution in [0, 0.1) is 5.92 Å². The van der Waals surface area contributed by atoms with Gasteiger partial charge < -0.3 is 14.9 Å². The number of hydrogen-bond donors (Lipinski definition) is 2. The number of halogens is 6. The average Bonchev–Trinajstić information content (AvgIpc) is 3.26. The van der Waals surface area contributed by atoms with E-state index in [-0.39, 0.29) is 0 Å². The van der Waals surface area contributed by atoms with Crippen molar-refractivity contribution in [3.63, 3.8) is 0 Å². The highest BCUT2D eigenvalue weighted by molar-refractivity contribution is 7.07. The lowest BCUT2D eigenvalue weighted by molar-refractivity contribution is -0.193. The van der Waals surface area contributed by atoms with Gasteiger partial charge in [0.25, 0.3) is 0 Å². The van der Waals surface area contributed by atoms with Gasteiger partial charge >= 0.3 is 24.3 Å². The highest BCUT2D eigenvalue weighted by Gasteiger charge is 2.39. The van der Waals surface area contributed by atoms with Crippen LogP contribution in [0.2, 0.25) is 0 Å². The molecule has 0 bridgehead atoms. The van der Waals surface area contributed by atoms with E-state index in [0.29, 0.717) is 6.04 Å². The molecule has 1 saturated carbocycles. The summed E-state index contributed by atoms with van der Waals surface area (Å²) in [5.41, 5.74) is 4.22. The summed E-state index contributed by atoms with van der Waals surface area (Å²) in [7, 11) is 1.80. The number of carbonyl (C=O) groups is 2. The van der Waals surface area contributed by atoms with Crippen LogP contribution in [0.5, 0.6) is 0 Å². The molecule has 0 saturated heterocycles. The summed E-state index contributed by atoms with van der Waals surface area (Å²) in [5.74, 6) is -4.67.